The minimum absolute atomic E-state index is 0.0609. The molecule has 0 unspecified atom stereocenters. The van der Waals surface area contributed by atoms with Crippen LogP contribution in [0.25, 0.3) is 0 Å². The van der Waals surface area contributed by atoms with Crippen LogP contribution in [0.3, 0.4) is 0 Å². The van der Waals surface area contributed by atoms with Gasteiger partial charge in [-0.15, -0.1) is 0 Å². The Kier molecular flexibility index (Phi) is 4.80. The van der Waals surface area contributed by atoms with Crippen LogP contribution in [0, 0.1) is 5.82 Å². The minimum Gasteiger partial charge on any atom is -0.497 e. The van der Waals surface area contributed by atoms with E-state index in [1.54, 1.807) is 24.3 Å². The molecule has 0 aromatic heterocycles. The number of halogens is 2. The van der Waals surface area contributed by atoms with E-state index in [9.17, 15) is 9.18 Å². The van der Waals surface area contributed by atoms with Gasteiger partial charge < -0.3 is 14.8 Å². The van der Waals surface area contributed by atoms with Gasteiger partial charge in [0.15, 0.2) is 0 Å². The summed E-state index contributed by atoms with van der Waals surface area (Å²) in [5, 5.41) is 2.62. The molecule has 0 radical (unpaired) electrons. The first-order valence-corrected chi connectivity index (χ1v) is 6.83. The summed E-state index contributed by atoms with van der Waals surface area (Å²) in [5.74, 6) is -0.169. The van der Waals surface area contributed by atoms with E-state index in [-0.39, 0.29) is 10.0 Å². The first-order chi connectivity index (χ1) is 10.1. The van der Waals surface area contributed by atoms with Gasteiger partial charge in [-0.2, -0.15) is 0 Å². The Morgan fingerprint density at radius 3 is 2.62 bits per heavy atom. The first-order valence-electron chi connectivity index (χ1n) is 6.04. The maximum absolute atomic E-state index is 13.9. The third kappa shape index (κ3) is 3.33. The van der Waals surface area contributed by atoms with Gasteiger partial charge >= 0.3 is 0 Å². The molecule has 0 saturated carbocycles. The van der Waals surface area contributed by atoms with E-state index in [0.717, 1.165) is 0 Å². The molecule has 2 rings (SSSR count). The summed E-state index contributed by atoms with van der Waals surface area (Å²) < 4.78 is 24.4. The number of nitrogens with one attached hydrogen (secondary N) is 1. The Bertz CT molecular complexity index is 676. The number of ether oxygens (including phenoxy) is 2. The second-order valence-electron chi connectivity index (χ2n) is 4.12. The second kappa shape index (κ2) is 6.58. The van der Waals surface area contributed by atoms with Crippen molar-refractivity contribution in [3.05, 3.63) is 52.3 Å². The molecular weight excluding hydrogens is 341 g/mol. The van der Waals surface area contributed by atoms with Gasteiger partial charge in [0.1, 0.15) is 17.3 Å². The summed E-state index contributed by atoms with van der Waals surface area (Å²) in [6.07, 6.45) is 0. The van der Waals surface area contributed by atoms with Crippen molar-refractivity contribution in [1.82, 2.24) is 0 Å². The lowest BCUT2D eigenvalue weighted by Crippen LogP contribution is -2.14. The third-order valence-electron chi connectivity index (χ3n) is 2.85. The lowest BCUT2D eigenvalue weighted by molar-refractivity contribution is 0.102. The van der Waals surface area contributed by atoms with Gasteiger partial charge in [0.25, 0.3) is 5.91 Å². The Balaban J connectivity index is 2.33. The Labute approximate surface area is 130 Å². The Morgan fingerprint density at radius 2 is 1.95 bits per heavy atom. The standard InChI is InChI=1S/C15H13BrFNO3/c1-20-9-6-7-13(21-2)12(8-9)18-15(19)10-4-3-5-11(16)14(10)17/h3-8H,1-2H3,(H,18,19). The van der Waals surface area contributed by atoms with Crippen LogP contribution in [0.4, 0.5) is 10.1 Å². The zero-order chi connectivity index (χ0) is 15.4. The lowest BCUT2D eigenvalue weighted by atomic mass is 10.2. The van der Waals surface area contributed by atoms with Gasteiger partial charge in [-0.3, -0.25) is 4.79 Å². The predicted molar refractivity (Wildman–Crippen MR) is 81.6 cm³/mol. The van der Waals surface area contributed by atoms with Crippen molar-refractivity contribution in [3.8, 4) is 11.5 Å². The van der Waals surface area contributed by atoms with Crippen molar-refractivity contribution in [2.24, 2.45) is 0 Å². The van der Waals surface area contributed by atoms with Gasteiger partial charge in [0.2, 0.25) is 0 Å². The zero-order valence-corrected chi connectivity index (χ0v) is 13.0. The van der Waals surface area contributed by atoms with Crippen molar-refractivity contribution in [2.45, 2.75) is 0 Å². The van der Waals surface area contributed by atoms with Crippen molar-refractivity contribution < 1.29 is 18.7 Å². The highest BCUT2D eigenvalue weighted by molar-refractivity contribution is 9.10. The number of rotatable bonds is 4. The number of carbonyl (C=O) groups excluding carboxylic acids is 1. The SMILES string of the molecule is COc1ccc(OC)c(NC(=O)c2cccc(Br)c2F)c1. The Morgan fingerprint density at radius 1 is 1.19 bits per heavy atom. The monoisotopic (exact) mass is 353 g/mol. The minimum atomic E-state index is -0.614. The fourth-order valence-corrected chi connectivity index (χ4v) is 2.15. The fraction of sp³-hybridized carbons (Fsp3) is 0.133. The van der Waals surface area contributed by atoms with Crippen LogP contribution in [0.1, 0.15) is 10.4 Å². The molecule has 0 aliphatic carbocycles. The highest BCUT2D eigenvalue weighted by Gasteiger charge is 2.16. The van der Waals surface area contributed by atoms with Crippen LogP contribution in [0.5, 0.6) is 11.5 Å². The summed E-state index contributed by atoms with van der Waals surface area (Å²) in [6, 6.07) is 9.48. The second-order valence-corrected chi connectivity index (χ2v) is 4.98. The van der Waals surface area contributed by atoms with Gasteiger partial charge in [0.05, 0.1) is 29.9 Å². The maximum atomic E-state index is 13.9. The molecule has 6 heteroatoms. The molecule has 4 nitrogen and oxygen atoms in total. The van der Waals surface area contributed by atoms with Crippen molar-refractivity contribution in [3.63, 3.8) is 0 Å². The van der Waals surface area contributed by atoms with E-state index in [1.807, 2.05) is 0 Å². The zero-order valence-electron chi connectivity index (χ0n) is 11.4. The largest absolute Gasteiger partial charge is 0.497 e. The average molecular weight is 354 g/mol. The number of carbonyl (C=O) groups is 1. The number of methoxy groups -OCH3 is 2. The molecule has 110 valence electrons. The van der Waals surface area contributed by atoms with Crippen LogP contribution in [-0.2, 0) is 0 Å². The van der Waals surface area contributed by atoms with Gasteiger partial charge in [-0.1, -0.05) is 6.07 Å². The third-order valence-corrected chi connectivity index (χ3v) is 3.46. The maximum Gasteiger partial charge on any atom is 0.258 e. The van der Waals surface area contributed by atoms with E-state index in [1.165, 1.54) is 26.4 Å². The summed E-state index contributed by atoms with van der Waals surface area (Å²) in [4.78, 5) is 12.2. The van der Waals surface area contributed by atoms with Gasteiger partial charge in [-0.25, -0.2) is 4.39 Å². The number of benzene rings is 2. The average Bonchev–Trinajstić information content (AvgIpc) is 2.49. The lowest BCUT2D eigenvalue weighted by Gasteiger charge is -2.12. The molecule has 0 saturated heterocycles. The van der Waals surface area contributed by atoms with Crippen LogP contribution in [-0.4, -0.2) is 20.1 Å². The summed E-state index contributed by atoms with van der Waals surface area (Å²) >= 11 is 3.05. The molecule has 1 N–H and O–H groups in total. The molecule has 2 aromatic carbocycles. The molecule has 0 fully saturated rings. The predicted octanol–water partition coefficient (Wildman–Crippen LogP) is 3.86. The van der Waals surface area contributed by atoms with Crippen LogP contribution < -0.4 is 14.8 Å². The molecule has 21 heavy (non-hydrogen) atoms. The quantitative estimate of drug-likeness (QED) is 0.907. The molecule has 0 atom stereocenters. The topological polar surface area (TPSA) is 47.6 Å². The van der Waals surface area contributed by atoms with Gasteiger partial charge in [-0.05, 0) is 40.2 Å². The van der Waals surface area contributed by atoms with Crippen LogP contribution in [0.2, 0.25) is 0 Å². The molecular formula is C15H13BrFNO3. The Hall–Kier alpha value is -2.08. The van der Waals surface area contributed by atoms with E-state index in [0.29, 0.717) is 17.2 Å². The number of hydrogen-bond acceptors (Lipinski definition) is 3. The number of anilines is 1. The molecule has 0 aliphatic heterocycles. The van der Waals surface area contributed by atoms with Crippen LogP contribution in [0.15, 0.2) is 40.9 Å². The van der Waals surface area contributed by atoms with E-state index in [4.69, 9.17) is 9.47 Å². The summed E-state index contributed by atoms with van der Waals surface area (Å²) in [6.45, 7) is 0. The van der Waals surface area contributed by atoms with E-state index in [2.05, 4.69) is 21.2 Å². The van der Waals surface area contributed by atoms with Crippen molar-refractivity contribution >= 4 is 27.5 Å². The number of amides is 1. The number of hydrogen-bond donors (Lipinski definition) is 1. The molecule has 0 bridgehead atoms. The van der Waals surface area contributed by atoms with Crippen LogP contribution >= 0.6 is 15.9 Å². The first kappa shape index (κ1) is 15.3. The summed E-state index contributed by atoms with van der Waals surface area (Å²) in [5.41, 5.74) is 0.343. The van der Waals surface area contributed by atoms with Gasteiger partial charge in [0, 0.05) is 6.07 Å². The normalized spacial score (nSPS) is 10.1. The highest BCUT2D eigenvalue weighted by Crippen LogP contribution is 2.29. The molecule has 0 aliphatic rings. The van der Waals surface area contributed by atoms with Crippen molar-refractivity contribution in [1.29, 1.82) is 0 Å². The van der Waals surface area contributed by atoms with E-state index < -0.39 is 11.7 Å². The molecule has 2 aromatic rings. The summed E-state index contributed by atoms with van der Waals surface area (Å²) in [7, 11) is 3.00. The fourth-order valence-electron chi connectivity index (χ4n) is 1.78. The van der Waals surface area contributed by atoms with E-state index >= 15 is 0 Å². The highest BCUT2D eigenvalue weighted by atomic mass is 79.9. The van der Waals surface area contributed by atoms with Crippen molar-refractivity contribution in [2.75, 3.05) is 19.5 Å². The smallest absolute Gasteiger partial charge is 0.258 e. The molecule has 0 heterocycles. The molecule has 0 spiro atoms. The molecule has 1 amide bonds.